The molecule has 0 radical (unpaired) electrons. The fraction of sp³-hybridized carbons (Fsp3) is 0. The fourth-order valence-corrected chi connectivity index (χ4v) is 1.52. The molecule has 2 rings (SSSR count). The molecule has 0 N–H and O–H groups in total. The summed E-state index contributed by atoms with van der Waals surface area (Å²) in [6.07, 6.45) is 1.71. The molecule has 0 atom stereocenters. The molecule has 0 aromatic heterocycles. The van der Waals surface area contributed by atoms with Gasteiger partial charge in [-0.15, -0.1) is 0 Å². The summed E-state index contributed by atoms with van der Waals surface area (Å²) in [6, 6.07) is 10.8. The lowest BCUT2D eigenvalue weighted by molar-refractivity contribution is 0.585. The highest BCUT2D eigenvalue weighted by Crippen LogP contribution is 2.23. The van der Waals surface area contributed by atoms with E-state index in [1.165, 1.54) is 12.1 Å². The molecule has 80 valence electrons. The van der Waals surface area contributed by atoms with E-state index in [1.54, 1.807) is 18.2 Å². The zero-order valence-electron chi connectivity index (χ0n) is 8.58. The minimum Gasteiger partial charge on any atom is -0.207 e. The Kier molecular flexibility index (Phi) is 2.82. The standard InChI is InChI=1S/C14H10F2/c1-2-10-3-5-11(6-4-10)13-8-7-12(15)9-14(13)16/h2-9H,1H2. The Morgan fingerprint density at radius 3 is 2.19 bits per heavy atom. The highest BCUT2D eigenvalue weighted by atomic mass is 19.1. The van der Waals surface area contributed by atoms with Crippen molar-refractivity contribution in [3.8, 4) is 11.1 Å². The van der Waals surface area contributed by atoms with Crippen molar-refractivity contribution in [2.75, 3.05) is 0 Å². The van der Waals surface area contributed by atoms with E-state index in [4.69, 9.17) is 0 Å². The van der Waals surface area contributed by atoms with E-state index in [9.17, 15) is 8.78 Å². The summed E-state index contributed by atoms with van der Waals surface area (Å²) in [6.45, 7) is 3.64. The van der Waals surface area contributed by atoms with Crippen molar-refractivity contribution in [1.82, 2.24) is 0 Å². The third kappa shape index (κ3) is 2.01. The molecule has 0 unspecified atom stereocenters. The van der Waals surface area contributed by atoms with Crippen molar-refractivity contribution >= 4 is 6.08 Å². The smallest absolute Gasteiger partial charge is 0.133 e. The Labute approximate surface area is 92.9 Å². The minimum atomic E-state index is -0.566. The van der Waals surface area contributed by atoms with Crippen LogP contribution in [-0.2, 0) is 0 Å². The molecular formula is C14H10F2. The lowest BCUT2D eigenvalue weighted by Gasteiger charge is -2.03. The number of hydrogen-bond donors (Lipinski definition) is 0. The molecule has 16 heavy (non-hydrogen) atoms. The Bertz CT molecular complexity index is 513. The van der Waals surface area contributed by atoms with E-state index in [0.717, 1.165) is 17.2 Å². The van der Waals surface area contributed by atoms with Crippen molar-refractivity contribution in [1.29, 1.82) is 0 Å². The molecular weight excluding hydrogens is 206 g/mol. The third-order valence-electron chi connectivity index (χ3n) is 2.39. The predicted molar refractivity (Wildman–Crippen MR) is 61.9 cm³/mol. The fourth-order valence-electron chi connectivity index (χ4n) is 1.52. The number of rotatable bonds is 2. The second-order valence-corrected chi connectivity index (χ2v) is 3.45. The van der Waals surface area contributed by atoms with Gasteiger partial charge in [-0.05, 0) is 23.3 Å². The first-order chi connectivity index (χ1) is 7.70. The average molecular weight is 216 g/mol. The van der Waals surface area contributed by atoms with Gasteiger partial charge in [0.05, 0.1) is 0 Å². The lowest BCUT2D eigenvalue weighted by Crippen LogP contribution is -1.86. The summed E-state index contributed by atoms with van der Waals surface area (Å²) in [5.74, 6) is -1.12. The van der Waals surface area contributed by atoms with Crippen LogP contribution >= 0.6 is 0 Å². The van der Waals surface area contributed by atoms with E-state index in [1.807, 2.05) is 12.1 Å². The van der Waals surface area contributed by atoms with E-state index in [0.29, 0.717) is 5.56 Å². The number of hydrogen-bond acceptors (Lipinski definition) is 0. The van der Waals surface area contributed by atoms with E-state index < -0.39 is 11.6 Å². The summed E-state index contributed by atoms with van der Waals surface area (Å²) in [4.78, 5) is 0. The SMILES string of the molecule is C=Cc1ccc(-c2ccc(F)cc2F)cc1. The highest BCUT2D eigenvalue weighted by Gasteiger charge is 2.05. The van der Waals surface area contributed by atoms with Gasteiger partial charge in [-0.25, -0.2) is 8.78 Å². The molecule has 0 aliphatic carbocycles. The molecule has 0 saturated heterocycles. The van der Waals surface area contributed by atoms with E-state index in [-0.39, 0.29) is 0 Å². The van der Waals surface area contributed by atoms with Crippen molar-refractivity contribution < 1.29 is 8.78 Å². The van der Waals surface area contributed by atoms with Crippen LogP contribution in [0.5, 0.6) is 0 Å². The van der Waals surface area contributed by atoms with Crippen LogP contribution in [0.3, 0.4) is 0 Å². The topological polar surface area (TPSA) is 0 Å². The van der Waals surface area contributed by atoms with Crippen molar-refractivity contribution in [3.63, 3.8) is 0 Å². The van der Waals surface area contributed by atoms with Crippen LogP contribution in [0.4, 0.5) is 8.78 Å². The second kappa shape index (κ2) is 4.27. The molecule has 0 spiro atoms. The lowest BCUT2D eigenvalue weighted by atomic mass is 10.0. The van der Waals surface area contributed by atoms with Crippen molar-refractivity contribution in [2.45, 2.75) is 0 Å². The summed E-state index contributed by atoms with van der Waals surface area (Å²) < 4.78 is 26.2. The zero-order valence-corrected chi connectivity index (χ0v) is 8.58. The molecule has 0 heterocycles. The van der Waals surface area contributed by atoms with Crippen LogP contribution in [0.15, 0.2) is 49.0 Å². The van der Waals surface area contributed by atoms with Crippen LogP contribution in [0.1, 0.15) is 5.56 Å². The quantitative estimate of drug-likeness (QED) is 0.703. The van der Waals surface area contributed by atoms with Gasteiger partial charge in [-0.1, -0.05) is 36.9 Å². The van der Waals surface area contributed by atoms with Gasteiger partial charge in [0.2, 0.25) is 0 Å². The molecule has 0 aliphatic heterocycles. The largest absolute Gasteiger partial charge is 0.207 e. The van der Waals surface area contributed by atoms with Gasteiger partial charge in [-0.3, -0.25) is 0 Å². The van der Waals surface area contributed by atoms with E-state index in [2.05, 4.69) is 6.58 Å². The minimum absolute atomic E-state index is 0.400. The number of halogens is 2. The molecule has 0 saturated carbocycles. The maximum Gasteiger partial charge on any atom is 0.133 e. The Morgan fingerprint density at radius 2 is 1.62 bits per heavy atom. The Hall–Kier alpha value is -1.96. The molecule has 0 fully saturated rings. The summed E-state index contributed by atoms with van der Waals surface area (Å²) >= 11 is 0. The van der Waals surface area contributed by atoms with Gasteiger partial charge >= 0.3 is 0 Å². The Balaban J connectivity index is 2.46. The second-order valence-electron chi connectivity index (χ2n) is 3.45. The molecule has 2 heteroatoms. The van der Waals surface area contributed by atoms with Crippen LogP contribution in [0.25, 0.3) is 17.2 Å². The maximum absolute atomic E-state index is 13.5. The van der Waals surface area contributed by atoms with E-state index >= 15 is 0 Å². The first kappa shape index (κ1) is 10.6. The summed E-state index contributed by atoms with van der Waals surface area (Å²) in [7, 11) is 0. The molecule has 0 bridgehead atoms. The monoisotopic (exact) mass is 216 g/mol. The van der Waals surface area contributed by atoms with Crippen LogP contribution in [0, 0.1) is 11.6 Å². The zero-order chi connectivity index (χ0) is 11.5. The van der Waals surface area contributed by atoms with Crippen LogP contribution < -0.4 is 0 Å². The van der Waals surface area contributed by atoms with Gasteiger partial charge in [0.15, 0.2) is 0 Å². The van der Waals surface area contributed by atoms with Gasteiger partial charge < -0.3 is 0 Å². The predicted octanol–water partition coefficient (Wildman–Crippen LogP) is 4.27. The van der Waals surface area contributed by atoms with Crippen molar-refractivity contribution in [2.24, 2.45) is 0 Å². The van der Waals surface area contributed by atoms with Crippen LogP contribution in [0.2, 0.25) is 0 Å². The highest BCUT2D eigenvalue weighted by molar-refractivity contribution is 5.66. The van der Waals surface area contributed by atoms with Gasteiger partial charge in [0, 0.05) is 11.6 Å². The maximum atomic E-state index is 13.5. The summed E-state index contributed by atoms with van der Waals surface area (Å²) in [5, 5.41) is 0. The van der Waals surface area contributed by atoms with Gasteiger partial charge in [-0.2, -0.15) is 0 Å². The molecule has 0 amide bonds. The third-order valence-corrected chi connectivity index (χ3v) is 2.39. The van der Waals surface area contributed by atoms with Crippen molar-refractivity contribution in [3.05, 3.63) is 66.2 Å². The normalized spacial score (nSPS) is 10.1. The van der Waals surface area contributed by atoms with Gasteiger partial charge in [0.25, 0.3) is 0 Å². The van der Waals surface area contributed by atoms with Gasteiger partial charge in [0.1, 0.15) is 11.6 Å². The van der Waals surface area contributed by atoms with Crippen LogP contribution in [-0.4, -0.2) is 0 Å². The molecule has 0 aliphatic rings. The first-order valence-electron chi connectivity index (χ1n) is 4.88. The summed E-state index contributed by atoms with van der Waals surface area (Å²) in [5.41, 5.74) is 2.09. The average Bonchev–Trinajstić information content (AvgIpc) is 2.29. The molecule has 0 nitrogen and oxygen atoms in total. The Morgan fingerprint density at radius 1 is 0.938 bits per heavy atom. The molecule has 2 aromatic carbocycles. The first-order valence-corrected chi connectivity index (χ1v) is 4.88. The molecule has 2 aromatic rings. The number of benzene rings is 2.